The summed E-state index contributed by atoms with van der Waals surface area (Å²) in [4.78, 5) is 3.76. The van der Waals surface area contributed by atoms with E-state index in [0.29, 0.717) is 0 Å². The van der Waals surface area contributed by atoms with Crippen molar-refractivity contribution in [2.75, 3.05) is 19.0 Å². The minimum atomic E-state index is -4.25. The molecule has 0 saturated carbocycles. The van der Waals surface area contributed by atoms with Crippen molar-refractivity contribution in [2.24, 2.45) is 0 Å². The van der Waals surface area contributed by atoms with Crippen molar-refractivity contribution in [1.29, 1.82) is 0 Å². The van der Waals surface area contributed by atoms with E-state index in [4.69, 9.17) is 4.74 Å². The van der Waals surface area contributed by atoms with Gasteiger partial charge in [0, 0.05) is 6.07 Å². The van der Waals surface area contributed by atoms with Crippen LogP contribution in [0.3, 0.4) is 0 Å². The van der Waals surface area contributed by atoms with Crippen molar-refractivity contribution in [1.82, 2.24) is 4.98 Å². The van der Waals surface area contributed by atoms with Gasteiger partial charge in [0.2, 0.25) is 5.88 Å². The number of aromatic nitrogens is 1. The smallest absolute Gasteiger partial charge is 0.405 e. The number of pyridine rings is 1. The zero-order valence-electron chi connectivity index (χ0n) is 7.43. The third-order valence-corrected chi connectivity index (χ3v) is 1.40. The number of methoxy groups -OCH3 is 1. The second-order valence-corrected chi connectivity index (χ2v) is 2.53. The van der Waals surface area contributed by atoms with Gasteiger partial charge in [0.25, 0.3) is 0 Å². The Balaban J connectivity index is 2.59. The molecule has 0 atom stereocenters. The molecule has 0 aromatic carbocycles. The predicted molar refractivity (Wildman–Crippen MR) is 45.3 cm³/mol. The van der Waals surface area contributed by atoms with Crippen LogP contribution < -0.4 is 10.1 Å². The van der Waals surface area contributed by atoms with E-state index in [1.165, 1.54) is 13.2 Å². The number of halogens is 3. The Morgan fingerprint density at radius 3 is 2.71 bits per heavy atom. The molecular weight excluding hydrogens is 197 g/mol. The quantitative estimate of drug-likeness (QED) is 0.821. The maximum Gasteiger partial charge on any atom is 0.405 e. The minimum Gasteiger partial charge on any atom is -0.481 e. The monoisotopic (exact) mass is 206 g/mol. The molecule has 0 fully saturated rings. The highest BCUT2D eigenvalue weighted by Crippen LogP contribution is 2.16. The van der Waals surface area contributed by atoms with E-state index in [9.17, 15) is 13.2 Å². The lowest BCUT2D eigenvalue weighted by atomic mass is 10.4. The molecule has 0 saturated heterocycles. The second kappa shape index (κ2) is 4.17. The number of alkyl halides is 3. The van der Waals surface area contributed by atoms with Gasteiger partial charge in [-0.2, -0.15) is 18.2 Å². The zero-order chi connectivity index (χ0) is 10.6. The van der Waals surface area contributed by atoms with Gasteiger partial charge in [-0.25, -0.2) is 0 Å². The van der Waals surface area contributed by atoms with Crippen LogP contribution in [0.25, 0.3) is 0 Å². The Hall–Kier alpha value is -1.46. The average molecular weight is 206 g/mol. The summed E-state index contributed by atoms with van der Waals surface area (Å²) in [5, 5.41) is 2.14. The minimum absolute atomic E-state index is 0.140. The Morgan fingerprint density at radius 1 is 1.43 bits per heavy atom. The van der Waals surface area contributed by atoms with Crippen LogP contribution in [0.2, 0.25) is 0 Å². The first-order valence-corrected chi connectivity index (χ1v) is 3.83. The van der Waals surface area contributed by atoms with Gasteiger partial charge in [-0.1, -0.05) is 6.07 Å². The number of ether oxygens (including phenoxy) is 1. The number of nitrogens with zero attached hydrogens (tertiary/aromatic N) is 1. The molecule has 3 nitrogen and oxygen atoms in total. The molecule has 1 aromatic heterocycles. The molecule has 0 spiro atoms. The molecule has 6 heteroatoms. The van der Waals surface area contributed by atoms with Crippen LogP contribution in [0.1, 0.15) is 0 Å². The van der Waals surface area contributed by atoms with Crippen LogP contribution in [0.4, 0.5) is 19.0 Å². The molecule has 0 unspecified atom stereocenters. The van der Waals surface area contributed by atoms with Gasteiger partial charge in [0.1, 0.15) is 12.4 Å². The standard InChI is InChI=1S/C8H9F3N2O/c1-14-7-4-2-3-6(13-7)12-5-8(9,10)11/h2-4H,5H2,1H3,(H,12,13). The van der Waals surface area contributed by atoms with E-state index >= 15 is 0 Å². The van der Waals surface area contributed by atoms with Crippen LogP contribution >= 0.6 is 0 Å². The fraction of sp³-hybridized carbons (Fsp3) is 0.375. The van der Waals surface area contributed by atoms with Crippen molar-refractivity contribution >= 4 is 5.82 Å². The molecule has 1 heterocycles. The van der Waals surface area contributed by atoms with E-state index in [2.05, 4.69) is 10.3 Å². The first-order valence-electron chi connectivity index (χ1n) is 3.83. The molecule has 1 aromatic rings. The highest BCUT2D eigenvalue weighted by Gasteiger charge is 2.26. The molecule has 0 aliphatic carbocycles. The summed E-state index contributed by atoms with van der Waals surface area (Å²) in [6.07, 6.45) is -4.25. The van der Waals surface area contributed by atoms with E-state index in [0.717, 1.165) is 0 Å². The molecular formula is C8H9F3N2O. The number of hydrogen-bond acceptors (Lipinski definition) is 3. The molecule has 0 bridgehead atoms. The Bertz CT molecular complexity index is 301. The second-order valence-electron chi connectivity index (χ2n) is 2.53. The lowest BCUT2D eigenvalue weighted by Gasteiger charge is -2.09. The first-order chi connectivity index (χ1) is 6.51. The maximum absolute atomic E-state index is 11.8. The van der Waals surface area contributed by atoms with Gasteiger partial charge in [0.05, 0.1) is 7.11 Å². The lowest BCUT2D eigenvalue weighted by molar-refractivity contribution is -0.115. The number of anilines is 1. The number of nitrogens with one attached hydrogen (secondary N) is 1. The van der Waals surface area contributed by atoms with E-state index < -0.39 is 12.7 Å². The van der Waals surface area contributed by atoms with Crippen molar-refractivity contribution in [2.45, 2.75) is 6.18 Å². The van der Waals surface area contributed by atoms with Crippen molar-refractivity contribution in [3.8, 4) is 5.88 Å². The largest absolute Gasteiger partial charge is 0.481 e. The number of rotatable bonds is 3. The van der Waals surface area contributed by atoms with Gasteiger partial charge in [0.15, 0.2) is 0 Å². The van der Waals surface area contributed by atoms with Gasteiger partial charge in [-0.15, -0.1) is 0 Å². The highest BCUT2D eigenvalue weighted by molar-refractivity contribution is 5.37. The van der Waals surface area contributed by atoms with E-state index in [1.54, 1.807) is 12.1 Å². The molecule has 0 aliphatic rings. The summed E-state index contributed by atoms with van der Waals surface area (Å²) < 4.78 is 40.2. The first kappa shape index (κ1) is 10.6. The van der Waals surface area contributed by atoms with E-state index in [-0.39, 0.29) is 11.7 Å². The van der Waals surface area contributed by atoms with Crippen LogP contribution in [-0.4, -0.2) is 24.8 Å². The molecule has 14 heavy (non-hydrogen) atoms. The SMILES string of the molecule is COc1cccc(NCC(F)(F)F)n1. The third kappa shape index (κ3) is 3.51. The third-order valence-electron chi connectivity index (χ3n) is 1.40. The maximum atomic E-state index is 11.8. The summed E-state index contributed by atoms with van der Waals surface area (Å²) >= 11 is 0. The molecule has 1 rings (SSSR count). The van der Waals surface area contributed by atoms with Gasteiger partial charge >= 0.3 is 6.18 Å². The average Bonchev–Trinajstić information content (AvgIpc) is 2.14. The van der Waals surface area contributed by atoms with E-state index in [1.807, 2.05) is 0 Å². The van der Waals surface area contributed by atoms with Crippen molar-refractivity contribution in [3.05, 3.63) is 18.2 Å². The molecule has 0 radical (unpaired) electrons. The summed E-state index contributed by atoms with van der Waals surface area (Å²) in [7, 11) is 1.40. The van der Waals surface area contributed by atoms with Crippen LogP contribution in [0, 0.1) is 0 Å². The van der Waals surface area contributed by atoms with Gasteiger partial charge in [-0.05, 0) is 6.07 Å². The van der Waals surface area contributed by atoms with Crippen LogP contribution in [-0.2, 0) is 0 Å². The van der Waals surface area contributed by atoms with Crippen molar-refractivity contribution in [3.63, 3.8) is 0 Å². The summed E-state index contributed by atoms with van der Waals surface area (Å²) in [5.41, 5.74) is 0. The fourth-order valence-electron chi connectivity index (χ4n) is 0.818. The van der Waals surface area contributed by atoms with Crippen LogP contribution in [0.15, 0.2) is 18.2 Å². The summed E-state index contributed by atoms with van der Waals surface area (Å²) in [6, 6.07) is 4.55. The fourth-order valence-corrected chi connectivity index (χ4v) is 0.818. The van der Waals surface area contributed by atoms with Crippen molar-refractivity contribution < 1.29 is 17.9 Å². The Kier molecular flexibility index (Phi) is 3.16. The Labute approximate surface area is 78.9 Å². The van der Waals surface area contributed by atoms with Gasteiger partial charge < -0.3 is 10.1 Å². The normalized spacial score (nSPS) is 11.1. The lowest BCUT2D eigenvalue weighted by Crippen LogP contribution is -2.21. The molecule has 0 amide bonds. The Morgan fingerprint density at radius 2 is 2.14 bits per heavy atom. The summed E-state index contributed by atoms with van der Waals surface area (Å²) in [6.45, 7) is -1.10. The molecule has 78 valence electrons. The topological polar surface area (TPSA) is 34.1 Å². The summed E-state index contributed by atoms with van der Waals surface area (Å²) in [5.74, 6) is 0.416. The van der Waals surface area contributed by atoms with Crippen LogP contribution in [0.5, 0.6) is 5.88 Å². The predicted octanol–water partition coefficient (Wildman–Crippen LogP) is 2.06. The molecule has 1 N–H and O–H groups in total. The highest BCUT2D eigenvalue weighted by atomic mass is 19.4. The number of hydrogen-bond donors (Lipinski definition) is 1. The van der Waals surface area contributed by atoms with Gasteiger partial charge in [-0.3, -0.25) is 0 Å². The zero-order valence-corrected chi connectivity index (χ0v) is 7.43. The molecule has 0 aliphatic heterocycles.